The summed E-state index contributed by atoms with van der Waals surface area (Å²) >= 11 is 0. The van der Waals surface area contributed by atoms with Crippen molar-refractivity contribution in [2.24, 2.45) is 11.7 Å². The predicted molar refractivity (Wildman–Crippen MR) is 62.3 cm³/mol. The largest absolute Gasteiger partial charge is 0.326 e. The molecule has 1 fully saturated rings. The Hall–Kier alpha value is -0.0800. The zero-order valence-electron chi connectivity index (χ0n) is 10.00. The molecule has 0 saturated heterocycles. The standard InChI is InChI=1S/C12H26N2/c1-4-6-10-7-8-11(13)12(9-10)14(3)5-2/h10-12H,4-9,13H2,1-3H3. The second kappa shape index (κ2) is 5.72. The van der Waals surface area contributed by atoms with E-state index in [1.54, 1.807) is 0 Å². The van der Waals surface area contributed by atoms with E-state index in [0.717, 1.165) is 12.5 Å². The van der Waals surface area contributed by atoms with Crippen molar-refractivity contribution >= 4 is 0 Å². The second-order valence-electron chi connectivity index (χ2n) is 4.77. The van der Waals surface area contributed by atoms with Crippen LogP contribution in [0.1, 0.15) is 46.0 Å². The maximum absolute atomic E-state index is 6.17. The number of likely N-dealkylation sites (N-methyl/N-ethyl adjacent to an activating group) is 1. The van der Waals surface area contributed by atoms with Gasteiger partial charge in [-0.05, 0) is 38.8 Å². The van der Waals surface area contributed by atoms with E-state index < -0.39 is 0 Å². The number of hydrogen-bond donors (Lipinski definition) is 1. The molecular formula is C12H26N2. The van der Waals surface area contributed by atoms with Gasteiger partial charge in [0.2, 0.25) is 0 Å². The summed E-state index contributed by atoms with van der Waals surface area (Å²) in [4.78, 5) is 2.42. The van der Waals surface area contributed by atoms with Gasteiger partial charge in [-0.15, -0.1) is 0 Å². The van der Waals surface area contributed by atoms with Crippen LogP contribution in [0.15, 0.2) is 0 Å². The molecule has 1 aliphatic rings. The first-order valence-corrected chi connectivity index (χ1v) is 6.14. The molecule has 0 aromatic rings. The van der Waals surface area contributed by atoms with Gasteiger partial charge >= 0.3 is 0 Å². The van der Waals surface area contributed by atoms with Gasteiger partial charge in [0.05, 0.1) is 0 Å². The van der Waals surface area contributed by atoms with Gasteiger partial charge in [-0.2, -0.15) is 0 Å². The molecule has 2 heteroatoms. The van der Waals surface area contributed by atoms with Crippen molar-refractivity contribution in [1.29, 1.82) is 0 Å². The molecule has 0 spiro atoms. The lowest BCUT2D eigenvalue weighted by Crippen LogP contribution is -2.49. The van der Waals surface area contributed by atoms with Gasteiger partial charge in [0.25, 0.3) is 0 Å². The van der Waals surface area contributed by atoms with Gasteiger partial charge < -0.3 is 10.6 Å². The van der Waals surface area contributed by atoms with Gasteiger partial charge in [0, 0.05) is 12.1 Å². The van der Waals surface area contributed by atoms with Crippen LogP contribution in [0.3, 0.4) is 0 Å². The zero-order valence-corrected chi connectivity index (χ0v) is 10.00. The quantitative estimate of drug-likeness (QED) is 0.750. The number of hydrogen-bond acceptors (Lipinski definition) is 2. The number of rotatable bonds is 4. The summed E-state index contributed by atoms with van der Waals surface area (Å²) < 4.78 is 0. The minimum Gasteiger partial charge on any atom is -0.326 e. The van der Waals surface area contributed by atoms with Gasteiger partial charge in [-0.25, -0.2) is 0 Å². The molecule has 0 bridgehead atoms. The fourth-order valence-corrected chi connectivity index (χ4v) is 2.67. The van der Waals surface area contributed by atoms with Crippen molar-refractivity contribution in [2.75, 3.05) is 13.6 Å². The number of nitrogens with zero attached hydrogens (tertiary/aromatic N) is 1. The Labute approximate surface area is 88.8 Å². The van der Waals surface area contributed by atoms with Crippen molar-refractivity contribution in [3.05, 3.63) is 0 Å². The Kier molecular flexibility index (Phi) is 4.90. The Morgan fingerprint density at radius 2 is 2.00 bits per heavy atom. The van der Waals surface area contributed by atoms with Crippen molar-refractivity contribution in [3.8, 4) is 0 Å². The molecule has 0 aliphatic heterocycles. The molecule has 2 N–H and O–H groups in total. The van der Waals surface area contributed by atoms with Crippen molar-refractivity contribution in [1.82, 2.24) is 4.90 Å². The van der Waals surface area contributed by atoms with E-state index in [0.29, 0.717) is 12.1 Å². The predicted octanol–water partition coefficient (Wildman–Crippen LogP) is 2.23. The van der Waals surface area contributed by atoms with Crippen LogP contribution in [0.25, 0.3) is 0 Å². The van der Waals surface area contributed by atoms with Crippen LogP contribution in [-0.4, -0.2) is 30.6 Å². The summed E-state index contributed by atoms with van der Waals surface area (Å²) in [6.07, 6.45) is 6.60. The summed E-state index contributed by atoms with van der Waals surface area (Å²) in [5.74, 6) is 0.929. The average molecular weight is 198 g/mol. The van der Waals surface area contributed by atoms with Crippen molar-refractivity contribution in [3.63, 3.8) is 0 Å². The molecule has 14 heavy (non-hydrogen) atoms. The molecule has 0 amide bonds. The summed E-state index contributed by atoms with van der Waals surface area (Å²) in [5, 5.41) is 0. The molecule has 1 saturated carbocycles. The van der Waals surface area contributed by atoms with E-state index in [1.165, 1.54) is 32.1 Å². The van der Waals surface area contributed by atoms with E-state index in [-0.39, 0.29) is 0 Å². The van der Waals surface area contributed by atoms with E-state index in [9.17, 15) is 0 Å². The van der Waals surface area contributed by atoms with E-state index >= 15 is 0 Å². The first-order valence-electron chi connectivity index (χ1n) is 6.14. The molecule has 0 aromatic heterocycles. The first-order chi connectivity index (χ1) is 6.69. The van der Waals surface area contributed by atoms with Crippen LogP contribution in [0, 0.1) is 5.92 Å². The number of nitrogens with two attached hydrogens (primary N) is 1. The highest BCUT2D eigenvalue weighted by Gasteiger charge is 2.29. The van der Waals surface area contributed by atoms with Crippen LogP contribution in [-0.2, 0) is 0 Å². The monoisotopic (exact) mass is 198 g/mol. The maximum Gasteiger partial charge on any atom is 0.0246 e. The average Bonchev–Trinajstić information content (AvgIpc) is 2.20. The Bertz CT molecular complexity index is 154. The normalized spacial score (nSPS) is 33.6. The fraction of sp³-hybridized carbons (Fsp3) is 1.00. The Morgan fingerprint density at radius 3 is 2.57 bits per heavy atom. The van der Waals surface area contributed by atoms with Crippen molar-refractivity contribution < 1.29 is 0 Å². The molecule has 2 nitrogen and oxygen atoms in total. The van der Waals surface area contributed by atoms with Gasteiger partial charge in [0.1, 0.15) is 0 Å². The summed E-state index contributed by atoms with van der Waals surface area (Å²) in [7, 11) is 2.21. The molecule has 0 aromatic carbocycles. The minimum atomic E-state index is 0.410. The molecule has 1 aliphatic carbocycles. The highest BCUT2D eigenvalue weighted by Crippen LogP contribution is 2.29. The SMILES string of the molecule is CCCC1CCC(N)C(N(C)CC)C1. The van der Waals surface area contributed by atoms with Crippen LogP contribution >= 0.6 is 0 Å². The van der Waals surface area contributed by atoms with Crippen LogP contribution in [0.4, 0.5) is 0 Å². The van der Waals surface area contributed by atoms with Crippen molar-refractivity contribution in [2.45, 2.75) is 58.0 Å². The third-order valence-corrected chi connectivity index (χ3v) is 3.74. The minimum absolute atomic E-state index is 0.410. The summed E-state index contributed by atoms with van der Waals surface area (Å²) in [5.41, 5.74) is 6.17. The Balaban J connectivity index is 2.46. The highest BCUT2D eigenvalue weighted by atomic mass is 15.1. The Morgan fingerprint density at radius 1 is 1.29 bits per heavy atom. The molecule has 1 rings (SSSR count). The topological polar surface area (TPSA) is 29.3 Å². The maximum atomic E-state index is 6.17. The van der Waals surface area contributed by atoms with Crippen LogP contribution in [0.5, 0.6) is 0 Å². The third kappa shape index (κ3) is 2.96. The van der Waals surface area contributed by atoms with E-state index in [1.807, 2.05) is 0 Å². The van der Waals surface area contributed by atoms with E-state index in [4.69, 9.17) is 5.73 Å². The second-order valence-corrected chi connectivity index (χ2v) is 4.77. The third-order valence-electron chi connectivity index (χ3n) is 3.74. The van der Waals surface area contributed by atoms with Gasteiger partial charge in [-0.1, -0.05) is 26.7 Å². The smallest absolute Gasteiger partial charge is 0.0246 e. The molecule has 0 radical (unpaired) electrons. The van der Waals surface area contributed by atoms with Gasteiger partial charge in [0.15, 0.2) is 0 Å². The first kappa shape index (κ1) is 12.0. The highest BCUT2D eigenvalue weighted by molar-refractivity contribution is 4.87. The lowest BCUT2D eigenvalue weighted by atomic mass is 9.80. The van der Waals surface area contributed by atoms with E-state index in [2.05, 4.69) is 25.8 Å². The molecule has 3 atom stereocenters. The lowest BCUT2D eigenvalue weighted by molar-refractivity contribution is 0.138. The lowest BCUT2D eigenvalue weighted by Gasteiger charge is -2.39. The molecule has 84 valence electrons. The van der Waals surface area contributed by atoms with Crippen LogP contribution < -0.4 is 5.73 Å². The summed E-state index contributed by atoms with van der Waals surface area (Å²) in [6.45, 7) is 5.63. The molecule has 0 heterocycles. The molecule has 3 unspecified atom stereocenters. The summed E-state index contributed by atoms with van der Waals surface area (Å²) in [6, 6.07) is 1.04. The fourth-order valence-electron chi connectivity index (χ4n) is 2.67. The molecular weight excluding hydrogens is 172 g/mol. The van der Waals surface area contributed by atoms with Crippen LogP contribution in [0.2, 0.25) is 0 Å². The van der Waals surface area contributed by atoms with Gasteiger partial charge in [-0.3, -0.25) is 0 Å². The zero-order chi connectivity index (χ0) is 10.6.